The second-order valence-corrected chi connectivity index (χ2v) is 6.49. The van der Waals surface area contributed by atoms with Gasteiger partial charge in [0.1, 0.15) is 23.1 Å². The minimum absolute atomic E-state index is 0.283. The van der Waals surface area contributed by atoms with E-state index in [9.17, 15) is 4.79 Å². The summed E-state index contributed by atoms with van der Waals surface area (Å²) in [5.41, 5.74) is 4.20. The molecule has 0 spiro atoms. The van der Waals surface area contributed by atoms with Crippen LogP contribution in [0.2, 0.25) is 0 Å². The van der Waals surface area contributed by atoms with Gasteiger partial charge < -0.3 is 15.4 Å². The number of anilines is 3. The Morgan fingerprint density at radius 3 is 2.54 bits per heavy atom. The lowest BCUT2D eigenvalue weighted by Crippen LogP contribution is -2.16. The van der Waals surface area contributed by atoms with Crippen LogP contribution in [0.4, 0.5) is 17.2 Å². The molecule has 0 aliphatic carbocycles. The number of amides is 1. The number of aryl methyl sites for hydroxylation is 3. The molecule has 0 bridgehead atoms. The Hall–Kier alpha value is -3.41. The van der Waals surface area contributed by atoms with E-state index in [1.54, 1.807) is 19.1 Å². The van der Waals surface area contributed by atoms with Crippen molar-refractivity contribution in [3.8, 4) is 5.75 Å². The number of aromatic nitrogens is 2. The average Bonchev–Trinajstić information content (AvgIpc) is 2.66. The van der Waals surface area contributed by atoms with Crippen LogP contribution < -0.4 is 15.4 Å². The van der Waals surface area contributed by atoms with Crippen LogP contribution in [-0.2, 0) is 0 Å². The smallest absolute Gasteiger partial charge is 0.274 e. The van der Waals surface area contributed by atoms with Gasteiger partial charge in [-0.2, -0.15) is 0 Å². The Balaban J connectivity index is 1.82. The molecule has 0 saturated heterocycles. The van der Waals surface area contributed by atoms with Crippen LogP contribution in [0.5, 0.6) is 5.75 Å². The maximum Gasteiger partial charge on any atom is 0.274 e. The van der Waals surface area contributed by atoms with Crippen molar-refractivity contribution in [3.05, 3.63) is 71.2 Å². The number of carbonyl (C=O) groups excluding carboxylic acids is 1. The molecule has 2 N–H and O–H groups in total. The summed E-state index contributed by atoms with van der Waals surface area (Å²) in [6, 6.07) is 15.0. The van der Waals surface area contributed by atoms with E-state index >= 15 is 0 Å². The van der Waals surface area contributed by atoms with Gasteiger partial charge in [-0.1, -0.05) is 18.2 Å². The highest BCUT2D eigenvalue weighted by Gasteiger charge is 2.13. The van der Waals surface area contributed by atoms with E-state index in [0.717, 1.165) is 5.69 Å². The highest BCUT2D eigenvalue weighted by atomic mass is 16.5. The maximum atomic E-state index is 12.7. The number of benzene rings is 2. The van der Waals surface area contributed by atoms with Crippen LogP contribution >= 0.6 is 0 Å². The predicted molar refractivity (Wildman–Crippen MR) is 112 cm³/mol. The number of para-hydroxylation sites is 2. The number of carbonyl (C=O) groups is 1. The molecule has 0 atom stereocenters. The minimum Gasteiger partial charge on any atom is -0.492 e. The highest BCUT2D eigenvalue weighted by Crippen LogP contribution is 2.25. The van der Waals surface area contributed by atoms with E-state index < -0.39 is 0 Å². The Kier molecular flexibility index (Phi) is 5.89. The van der Waals surface area contributed by atoms with Gasteiger partial charge in [0.25, 0.3) is 5.91 Å². The Morgan fingerprint density at radius 1 is 1.00 bits per heavy atom. The topological polar surface area (TPSA) is 76.1 Å². The summed E-state index contributed by atoms with van der Waals surface area (Å²) in [6.45, 7) is 8.30. The number of hydrogen-bond donors (Lipinski definition) is 2. The summed E-state index contributed by atoms with van der Waals surface area (Å²) >= 11 is 0. The highest BCUT2D eigenvalue weighted by molar-refractivity contribution is 6.04. The molecular weight excluding hydrogens is 352 g/mol. The first-order chi connectivity index (χ1) is 13.5. The first-order valence-corrected chi connectivity index (χ1v) is 9.19. The van der Waals surface area contributed by atoms with Crippen LogP contribution in [0.3, 0.4) is 0 Å². The predicted octanol–water partition coefficient (Wildman–Crippen LogP) is 4.80. The van der Waals surface area contributed by atoms with Crippen molar-refractivity contribution in [2.75, 3.05) is 17.2 Å². The largest absolute Gasteiger partial charge is 0.492 e. The third-order valence-corrected chi connectivity index (χ3v) is 4.29. The van der Waals surface area contributed by atoms with E-state index in [1.165, 1.54) is 11.1 Å². The van der Waals surface area contributed by atoms with Crippen molar-refractivity contribution in [1.82, 2.24) is 9.97 Å². The van der Waals surface area contributed by atoms with Crippen LogP contribution in [0, 0.1) is 20.8 Å². The third-order valence-electron chi connectivity index (χ3n) is 4.29. The molecule has 0 aliphatic heterocycles. The molecule has 0 fully saturated rings. The Morgan fingerprint density at radius 2 is 1.79 bits per heavy atom. The van der Waals surface area contributed by atoms with Crippen molar-refractivity contribution in [2.24, 2.45) is 0 Å². The van der Waals surface area contributed by atoms with Crippen molar-refractivity contribution in [1.29, 1.82) is 0 Å². The average molecular weight is 376 g/mol. The molecule has 0 aliphatic rings. The van der Waals surface area contributed by atoms with Crippen LogP contribution in [0.25, 0.3) is 0 Å². The molecular formula is C22H24N4O2. The summed E-state index contributed by atoms with van der Waals surface area (Å²) in [6.07, 6.45) is 0. The molecule has 0 unspecified atom stereocenters. The third kappa shape index (κ3) is 4.65. The standard InChI is InChI=1S/C22H24N4O2/c1-5-28-20-9-7-6-8-18(20)26-22(27)19-13-21(24-16(4)23-19)25-17-11-10-14(2)15(3)12-17/h6-13H,5H2,1-4H3,(H,26,27)(H,23,24,25). The SMILES string of the molecule is CCOc1ccccc1NC(=O)c1cc(Nc2ccc(C)c(C)c2)nc(C)n1. The van der Waals surface area contributed by atoms with E-state index in [2.05, 4.69) is 34.4 Å². The molecule has 1 heterocycles. The summed E-state index contributed by atoms with van der Waals surface area (Å²) < 4.78 is 5.56. The maximum absolute atomic E-state index is 12.7. The number of rotatable bonds is 6. The first kappa shape index (κ1) is 19.4. The summed E-state index contributed by atoms with van der Waals surface area (Å²) in [7, 11) is 0. The van der Waals surface area contributed by atoms with Gasteiger partial charge in [0.15, 0.2) is 0 Å². The fraction of sp³-hybridized carbons (Fsp3) is 0.227. The lowest BCUT2D eigenvalue weighted by molar-refractivity contribution is 0.102. The zero-order chi connectivity index (χ0) is 20.1. The zero-order valence-corrected chi connectivity index (χ0v) is 16.5. The van der Waals surface area contributed by atoms with Crippen molar-refractivity contribution >= 4 is 23.1 Å². The van der Waals surface area contributed by atoms with E-state index in [0.29, 0.717) is 29.7 Å². The summed E-state index contributed by atoms with van der Waals surface area (Å²) in [5.74, 6) is 1.38. The molecule has 3 aromatic rings. The molecule has 2 aromatic carbocycles. The van der Waals surface area contributed by atoms with Gasteiger partial charge in [-0.25, -0.2) is 9.97 Å². The van der Waals surface area contributed by atoms with Crippen molar-refractivity contribution < 1.29 is 9.53 Å². The second kappa shape index (κ2) is 8.52. The fourth-order valence-electron chi connectivity index (χ4n) is 2.75. The number of hydrogen-bond acceptors (Lipinski definition) is 5. The fourth-order valence-corrected chi connectivity index (χ4v) is 2.75. The normalized spacial score (nSPS) is 10.4. The first-order valence-electron chi connectivity index (χ1n) is 9.19. The summed E-state index contributed by atoms with van der Waals surface area (Å²) in [4.78, 5) is 21.4. The number of ether oxygens (including phenoxy) is 1. The molecule has 6 nitrogen and oxygen atoms in total. The monoisotopic (exact) mass is 376 g/mol. The van der Waals surface area contributed by atoms with Gasteiger partial charge >= 0.3 is 0 Å². The zero-order valence-electron chi connectivity index (χ0n) is 16.5. The van der Waals surface area contributed by atoms with Gasteiger partial charge in [0.2, 0.25) is 0 Å². The molecule has 6 heteroatoms. The number of nitrogens with zero attached hydrogens (tertiary/aromatic N) is 2. The number of nitrogens with one attached hydrogen (secondary N) is 2. The summed E-state index contributed by atoms with van der Waals surface area (Å²) in [5, 5.41) is 6.11. The molecule has 1 amide bonds. The molecule has 144 valence electrons. The molecule has 28 heavy (non-hydrogen) atoms. The Bertz CT molecular complexity index is 1000. The lowest BCUT2D eigenvalue weighted by Gasteiger charge is -2.12. The van der Waals surface area contributed by atoms with Gasteiger partial charge in [-0.05, 0) is 63.1 Å². The van der Waals surface area contributed by atoms with Crippen LogP contribution in [-0.4, -0.2) is 22.5 Å². The Labute approximate surface area is 165 Å². The van der Waals surface area contributed by atoms with Crippen LogP contribution in [0.15, 0.2) is 48.5 Å². The van der Waals surface area contributed by atoms with Gasteiger partial charge in [-0.3, -0.25) is 4.79 Å². The van der Waals surface area contributed by atoms with Gasteiger partial charge in [-0.15, -0.1) is 0 Å². The van der Waals surface area contributed by atoms with E-state index in [-0.39, 0.29) is 11.6 Å². The van der Waals surface area contributed by atoms with E-state index in [4.69, 9.17) is 4.74 Å². The van der Waals surface area contributed by atoms with Crippen LogP contribution in [0.1, 0.15) is 34.4 Å². The van der Waals surface area contributed by atoms with Crippen molar-refractivity contribution in [3.63, 3.8) is 0 Å². The van der Waals surface area contributed by atoms with Gasteiger partial charge in [0.05, 0.1) is 12.3 Å². The van der Waals surface area contributed by atoms with Crippen molar-refractivity contribution in [2.45, 2.75) is 27.7 Å². The molecule has 0 saturated carbocycles. The second-order valence-electron chi connectivity index (χ2n) is 6.49. The van der Waals surface area contributed by atoms with Gasteiger partial charge in [0, 0.05) is 11.8 Å². The molecule has 0 radical (unpaired) electrons. The quantitative estimate of drug-likeness (QED) is 0.646. The minimum atomic E-state index is -0.319. The molecule has 1 aromatic heterocycles. The lowest BCUT2D eigenvalue weighted by atomic mass is 10.1. The molecule has 3 rings (SSSR count). The van der Waals surface area contributed by atoms with E-state index in [1.807, 2.05) is 43.3 Å².